The first-order valence-corrected chi connectivity index (χ1v) is 8.03. The van der Waals surface area contributed by atoms with Crippen LogP contribution in [0.3, 0.4) is 0 Å². The predicted molar refractivity (Wildman–Crippen MR) is 87.5 cm³/mol. The molecule has 4 heteroatoms. The molecule has 2 aromatic rings. The van der Waals surface area contributed by atoms with Gasteiger partial charge in [-0.15, -0.1) is 11.8 Å². The molecule has 0 spiro atoms. The van der Waals surface area contributed by atoms with E-state index in [1.165, 1.54) is 17.7 Å². The lowest BCUT2D eigenvalue weighted by Gasteiger charge is -2.16. The molecule has 2 rings (SSSR count). The highest BCUT2D eigenvalue weighted by molar-refractivity contribution is 7.98. The maximum atomic E-state index is 14.0. The van der Waals surface area contributed by atoms with Crippen LogP contribution < -0.4 is 4.74 Å². The average molecular weight is 318 g/mol. The Labute approximate surface area is 134 Å². The standard InChI is InChI=1S/C18H19FO2S/c1-18(2,3)17(20)21-16-10-9-14(11-15(16)19)22-12-13-7-5-4-6-8-13/h4-11H,12H2,1-3H3. The lowest BCUT2D eigenvalue weighted by atomic mass is 9.97. The highest BCUT2D eigenvalue weighted by atomic mass is 32.2. The van der Waals surface area contributed by atoms with Gasteiger partial charge in [0.2, 0.25) is 0 Å². The summed E-state index contributed by atoms with van der Waals surface area (Å²) in [5.74, 6) is -0.225. The zero-order valence-electron chi connectivity index (χ0n) is 12.9. The summed E-state index contributed by atoms with van der Waals surface area (Å²) in [4.78, 5) is 12.6. The van der Waals surface area contributed by atoms with Gasteiger partial charge in [-0.2, -0.15) is 0 Å². The first-order chi connectivity index (χ1) is 10.4. The fraction of sp³-hybridized carbons (Fsp3) is 0.278. The topological polar surface area (TPSA) is 26.3 Å². The van der Waals surface area contributed by atoms with Crippen molar-refractivity contribution in [3.8, 4) is 5.75 Å². The number of esters is 1. The summed E-state index contributed by atoms with van der Waals surface area (Å²) in [6.45, 7) is 5.20. The van der Waals surface area contributed by atoms with Crippen LogP contribution in [0.15, 0.2) is 53.4 Å². The van der Waals surface area contributed by atoms with Gasteiger partial charge in [0.25, 0.3) is 0 Å². The third kappa shape index (κ3) is 4.60. The molecule has 0 aromatic heterocycles. The monoisotopic (exact) mass is 318 g/mol. The van der Waals surface area contributed by atoms with E-state index in [1.807, 2.05) is 30.3 Å². The second-order valence-corrected chi connectivity index (χ2v) is 7.05. The number of hydrogen-bond donors (Lipinski definition) is 0. The van der Waals surface area contributed by atoms with Crippen molar-refractivity contribution in [2.24, 2.45) is 5.41 Å². The molecule has 0 aliphatic carbocycles. The average Bonchev–Trinajstić information content (AvgIpc) is 2.47. The van der Waals surface area contributed by atoms with Crippen LogP contribution in [-0.2, 0) is 10.5 Å². The Balaban J connectivity index is 2.02. The van der Waals surface area contributed by atoms with Crippen molar-refractivity contribution >= 4 is 17.7 Å². The first kappa shape index (κ1) is 16.6. The Morgan fingerprint density at radius 1 is 1.14 bits per heavy atom. The molecule has 0 bridgehead atoms. The zero-order valence-corrected chi connectivity index (χ0v) is 13.7. The van der Waals surface area contributed by atoms with Gasteiger partial charge < -0.3 is 4.74 Å². The van der Waals surface area contributed by atoms with E-state index in [1.54, 1.807) is 38.6 Å². The molecule has 0 heterocycles. The van der Waals surface area contributed by atoms with Crippen molar-refractivity contribution in [2.45, 2.75) is 31.4 Å². The molecule has 2 aromatic carbocycles. The quantitative estimate of drug-likeness (QED) is 0.447. The van der Waals surface area contributed by atoms with E-state index in [0.29, 0.717) is 0 Å². The van der Waals surface area contributed by atoms with Crippen molar-refractivity contribution in [3.05, 3.63) is 59.9 Å². The normalized spacial score (nSPS) is 11.3. The number of carbonyl (C=O) groups excluding carboxylic acids is 1. The minimum Gasteiger partial charge on any atom is -0.423 e. The number of ether oxygens (including phenoxy) is 1. The Bertz CT molecular complexity index is 648. The SMILES string of the molecule is CC(C)(C)C(=O)Oc1ccc(SCc2ccccc2)cc1F. The molecule has 0 saturated heterocycles. The second kappa shape index (κ2) is 6.97. The third-order valence-electron chi connectivity index (χ3n) is 2.97. The number of hydrogen-bond acceptors (Lipinski definition) is 3. The Kier molecular flexibility index (Phi) is 5.24. The van der Waals surface area contributed by atoms with Crippen LogP contribution >= 0.6 is 11.8 Å². The summed E-state index contributed by atoms with van der Waals surface area (Å²) in [6, 6.07) is 14.7. The van der Waals surface area contributed by atoms with E-state index in [9.17, 15) is 9.18 Å². The summed E-state index contributed by atoms with van der Waals surface area (Å²) in [5, 5.41) is 0. The van der Waals surface area contributed by atoms with Crippen LogP contribution in [0.2, 0.25) is 0 Å². The summed E-state index contributed by atoms with van der Waals surface area (Å²) in [7, 11) is 0. The maximum absolute atomic E-state index is 14.0. The van der Waals surface area contributed by atoms with Crippen LogP contribution in [0.5, 0.6) is 5.75 Å². The van der Waals surface area contributed by atoms with E-state index in [2.05, 4.69) is 0 Å². The molecule has 0 unspecified atom stereocenters. The van der Waals surface area contributed by atoms with Gasteiger partial charge in [-0.3, -0.25) is 4.79 Å². The number of halogens is 1. The predicted octanol–water partition coefficient (Wildman–Crippen LogP) is 5.07. The fourth-order valence-corrected chi connectivity index (χ4v) is 2.52. The van der Waals surface area contributed by atoms with Gasteiger partial charge in [0.15, 0.2) is 11.6 Å². The number of benzene rings is 2. The number of carbonyl (C=O) groups is 1. The molecule has 0 saturated carbocycles. The van der Waals surface area contributed by atoms with Gasteiger partial charge in [0.1, 0.15) is 0 Å². The van der Waals surface area contributed by atoms with Gasteiger partial charge in [-0.1, -0.05) is 30.3 Å². The van der Waals surface area contributed by atoms with Crippen molar-refractivity contribution in [1.29, 1.82) is 0 Å². The molecule has 0 radical (unpaired) electrons. The molecule has 0 aliphatic rings. The molecule has 0 fully saturated rings. The lowest BCUT2D eigenvalue weighted by Crippen LogP contribution is -2.25. The molecule has 116 valence electrons. The van der Waals surface area contributed by atoms with E-state index < -0.39 is 17.2 Å². The van der Waals surface area contributed by atoms with Crippen LogP contribution in [0.1, 0.15) is 26.3 Å². The maximum Gasteiger partial charge on any atom is 0.316 e. The molecule has 0 atom stereocenters. The van der Waals surface area contributed by atoms with Crippen LogP contribution in [0.25, 0.3) is 0 Å². The Morgan fingerprint density at radius 2 is 1.82 bits per heavy atom. The van der Waals surface area contributed by atoms with Crippen molar-refractivity contribution < 1.29 is 13.9 Å². The summed E-state index contributed by atoms with van der Waals surface area (Å²) >= 11 is 1.54. The zero-order chi connectivity index (χ0) is 16.2. The second-order valence-electron chi connectivity index (χ2n) is 6.01. The van der Waals surface area contributed by atoms with E-state index in [4.69, 9.17) is 4.74 Å². The van der Waals surface area contributed by atoms with Gasteiger partial charge in [-0.25, -0.2) is 4.39 Å². The van der Waals surface area contributed by atoms with Crippen LogP contribution in [-0.4, -0.2) is 5.97 Å². The molecule has 0 aliphatic heterocycles. The molecular formula is C18H19FO2S. The van der Waals surface area contributed by atoms with E-state index in [0.717, 1.165) is 10.6 Å². The molecule has 0 amide bonds. The van der Waals surface area contributed by atoms with Crippen molar-refractivity contribution in [2.75, 3.05) is 0 Å². The van der Waals surface area contributed by atoms with Gasteiger partial charge >= 0.3 is 5.97 Å². The molecular weight excluding hydrogens is 299 g/mol. The largest absolute Gasteiger partial charge is 0.423 e. The van der Waals surface area contributed by atoms with Crippen molar-refractivity contribution in [1.82, 2.24) is 0 Å². The minimum atomic E-state index is -0.660. The third-order valence-corrected chi connectivity index (χ3v) is 4.03. The van der Waals surface area contributed by atoms with Gasteiger partial charge in [0.05, 0.1) is 5.41 Å². The number of thioether (sulfide) groups is 1. The summed E-state index contributed by atoms with van der Waals surface area (Å²) < 4.78 is 19.1. The van der Waals surface area contributed by atoms with Crippen molar-refractivity contribution in [3.63, 3.8) is 0 Å². The molecule has 22 heavy (non-hydrogen) atoms. The Hall–Kier alpha value is -1.81. The molecule has 2 nitrogen and oxygen atoms in total. The number of rotatable bonds is 4. The minimum absolute atomic E-state index is 0.0241. The summed E-state index contributed by atoms with van der Waals surface area (Å²) in [6.07, 6.45) is 0. The first-order valence-electron chi connectivity index (χ1n) is 7.05. The Morgan fingerprint density at radius 3 is 2.41 bits per heavy atom. The van der Waals surface area contributed by atoms with Crippen LogP contribution in [0.4, 0.5) is 4.39 Å². The smallest absolute Gasteiger partial charge is 0.316 e. The van der Waals surface area contributed by atoms with Gasteiger partial charge in [0, 0.05) is 10.6 Å². The molecule has 0 N–H and O–H groups in total. The van der Waals surface area contributed by atoms with Crippen LogP contribution in [0, 0.1) is 11.2 Å². The highest BCUT2D eigenvalue weighted by Gasteiger charge is 2.24. The van der Waals surface area contributed by atoms with Gasteiger partial charge in [-0.05, 0) is 44.5 Å². The fourth-order valence-electron chi connectivity index (χ4n) is 1.65. The lowest BCUT2D eigenvalue weighted by molar-refractivity contribution is -0.143. The van der Waals surface area contributed by atoms with E-state index in [-0.39, 0.29) is 5.75 Å². The summed E-state index contributed by atoms with van der Waals surface area (Å²) in [5.41, 5.74) is 0.517. The highest BCUT2D eigenvalue weighted by Crippen LogP contribution is 2.28. The van der Waals surface area contributed by atoms with E-state index >= 15 is 0 Å².